The van der Waals surface area contributed by atoms with Crippen molar-refractivity contribution >= 4 is 29.3 Å². The number of hydrogen-bond donors (Lipinski definition) is 3. The molecule has 28 heavy (non-hydrogen) atoms. The molecule has 7 nitrogen and oxygen atoms in total. The van der Waals surface area contributed by atoms with Gasteiger partial charge in [0.05, 0.1) is 13.2 Å². The van der Waals surface area contributed by atoms with E-state index >= 15 is 0 Å². The fourth-order valence-electron chi connectivity index (χ4n) is 3.18. The second kappa shape index (κ2) is 11.3. The Hall–Kier alpha value is -2.57. The van der Waals surface area contributed by atoms with Crippen LogP contribution in [0.5, 0.6) is 0 Å². The third-order valence-electron chi connectivity index (χ3n) is 4.59. The Balaban J connectivity index is 1.73. The van der Waals surface area contributed by atoms with Crippen LogP contribution in [0.25, 0.3) is 0 Å². The first-order valence-electron chi connectivity index (χ1n) is 10.0. The van der Waals surface area contributed by atoms with Crippen molar-refractivity contribution in [2.24, 2.45) is 11.8 Å². The van der Waals surface area contributed by atoms with E-state index in [0.29, 0.717) is 30.3 Å². The third-order valence-corrected chi connectivity index (χ3v) is 4.59. The average molecular weight is 389 g/mol. The van der Waals surface area contributed by atoms with Crippen LogP contribution in [0.1, 0.15) is 52.4 Å². The number of nitrogens with one attached hydrogen (secondary N) is 3. The summed E-state index contributed by atoms with van der Waals surface area (Å²) in [4.78, 5) is 35.8. The molecule has 1 fully saturated rings. The monoisotopic (exact) mass is 389 g/mol. The van der Waals surface area contributed by atoms with Crippen molar-refractivity contribution in [1.82, 2.24) is 5.32 Å². The molecule has 0 radical (unpaired) electrons. The van der Waals surface area contributed by atoms with Crippen molar-refractivity contribution < 1.29 is 19.1 Å². The van der Waals surface area contributed by atoms with Crippen LogP contribution in [0.3, 0.4) is 0 Å². The van der Waals surface area contributed by atoms with Crippen molar-refractivity contribution in [3.63, 3.8) is 0 Å². The van der Waals surface area contributed by atoms with Gasteiger partial charge in [-0.3, -0.25) is 14.9 Å². The second-order valence-electron chi connectivity index (χ2n) is 7.73. The molecule has 0 saturated heterocycles. The van der Waals surface area contributed by atoms with Crippen LogP contribution >= 0.6 is 0 Å². The van der Waals surface area contributed by atoms with Crippen molar-refractivity contribution in [1.29, 1.82) is 0 Å². The summed E-state index contributed by atoms with van der Waals surface area (Å²) >= 11 is 0. The smallest absolute Gasteiger partial charge is 0.411 e. The minimum Gasteiger partial charge on any atom is -0.449 e. The number of ether oxygens (including phenoxy) is 1. The Morgan fingerprint density at radius 1 is 1.04 bits per heavy atom. The molecule has 1 aromatic rings. The van der Waals surface area contributed by atoms with E-state index in [9.17, 15) is 14.4 Å². The van der Waals surface area contributed by atoms with Crippen molar-refractivity contribution in [3.05, 3.63) is 24.3 Å². The fourth-order valence-corrected chi connectivity index (χ4v) is 3.18. The maximum Gasteiger partial charge on any atom is 0.411 e. The van der Waals surface area contributed by atoms with E-state index in [1.165, 1.54) is 19.3 Å². The maximum atomic E-state index is 12.1. The van der Waals surface area contributed by atoms with Crippen molar-refractivity contribution in [3.8, 4) is 0 Å². The first-order valence-corrected chi connectivity index (χ1v) is 10.0. The van der Waals surface area contributed by atoms with Gasteiger partial charge in [0.15, 0.2) is 0 Å². The summed E-state index contributed by atoms with van der Waals surface area (Å²) in [5.74, 6) is 0.307. The van der Waals surface area contributed by atoms with Gasteiger partial charge in [-0.2, -0.15) is 0 Å². The van der Waals surface area contributed by atoms with Crippen LogP contribution < -0.4 is 16.0 Å². The molecule has 154 valence electrons. The zero-order valence-corrected chi connectivity index (χ0v) is 16.8. The Kier molecular flexibility index (Phi) is 8.78. The van der Waals surface area contributed by atoms with Crippen molar-refractivity contribution in [2.75, 3.05) is 23.8 Å². The largest absolute Gasteiger partial charge is 0.449 e. The summed E-state index contributed by atoms with van der Waals surface area (Å²) in [6, 6.07) is 6.78. The van der Waals surface area contributed by atoms with Crippen LogP contribution in [-0.4, -0.2) is 31.1 Å². The van der Waals surface area contributed by atoms with Crippen LogP contribution in [0.2, 0.25) is 0 Å². The molecule has 0 aromatic heterocycles. The fraction of sp³-hybridized carbons (Fsp3) is 0.571. The number of benzene rings is 1. The SMILES string of the molecule is CC(C)COC(=O)Nc1cccc(NC(=O)CNC(=O)CC2CCCCC2)c1. The van der Waals surface area contributed by atoms with E-state index in [-0.39, 0.29) is 24.3 Å². The van der Waals surface area contributed by atoms with E-state index in [0.717, 1.165) is 12.8 Å². The molecule has 1 saturated carbocycles. The molecule has 1 aromatic carbocycles. The van der Waals surface area contributed by atoms with Crippen LogP contribution in [-0.2, 0) is 14.3 Å². The summed E-state index contributed by atoms with van der Waals surface area (Å²) in [5, 5.41) is 8.03. The van der Waals surface area contributed by atoms with Gasteiger partial charge in [0, 0.05) is 17.8 Å². The molecule has 0 unspecified atom stereocenters. The van der Waals surface area contributed by atoms with Gasteiger partial charge in [-0.05, 0) is 42.9 Å². The highest BCUT2D eigenvalue weighted by Crippen LogP contribution is 2.26. The Bertz CT molecular complexity index is 669. The summed E-state index contributed by atoms with van der Waals surface area (Å²) in [6.45, 7) is 4.18. The topological polar surface area (TPSA) is 96.5 Å². The minimum absolute atomic E-state index is 0.0698. The molecule has 1 aliphatic rings. The molecule has 1 aliphatic carbocycles. The van der Waals surface area contributed by atoms with E-state index < -0.39 is 6.09 Å². The predicted molar refractivity (Wildman–Crippen MR) is 109 cm³/mol. The normalized spacial score (nSPS) is 14.4. The molecule has 0 heterocycles. The van der Waals surface area contributed by atoms with Gasteiger partial charge in [0.1, 0.15) is 0 Å². The predicted octanol–water partition coefficient (Wildman–Crippen LogP) is 3.92. The molecule has 0 aliphatic heterocycles. The van der Waals surface area contributed by atoms with Crippen LogP contribution in [0.15, 0.2) is 24.3 Å². The van der Waals surface area contributed by atoms with E-state index in [2.05, 4.69) is 16.0 Å². The molecule has 3 N–H and O–H groups in total. The molecule has 0 atom stereocenters. The van der Waals surface area contributed by atoms with Crippen molar-refractivity contribution in [2.45, 2.75) is 52.4 Å². The molecular formula is C21H31N3O4. The van der Waals surface area contributed by atoms with E-state index in [1.54, 1.807) is 24.3 Å². The lowest BCUT2D eigenvalue weighted by molar-refractivity contribution is -0.125. The average Bonchev–Trinajstić information content (AvgIpc) is 2.66. The Labute approximate surface area is 166 Å². The van der Waals surface area contributed by atoms with Gasteiger partial charge in [-0.1, -0.05) is 39.2 Å². The minimum atomic E-state index is -0.535. The summed E-state index contributed by atoms with van der Waals surface area (Å²) in [7, 11) is 0. The zero-order valence-electron chi connectivity index (χ0n) is 16.8. The van der Waals surface area contributed by atoms with Gasteiger partial charge in [-0.25, -0.2) is 4.79 Å². The number of rotatable bonds is 8. The van der Waals surface area contributed by atoms with Gasteiger partial charge >= 0.3 is 6.09 Å². The Morgan fingerprint density at radius 2 is 1.71 bits per heavy atom. The standard InChI is InChI=1S/C21H31N3O4/c1-15(2)14-28-21(27)24-18-10-6-9-17(12-18)23-20(26)13-22-19(25)11-16-7-4-3-5-8-16/h6,9-10,12,15-16H,3-5,7-8,11,13-14H2,1-2H3,(H,22,25)(H,23,26)(H,24,27). The van der Waals surface area contributed by atoms with Crippen LogP contribution in [0.4, 0.5) is 16.2 Å². The van der Waals surface area contributed by atoms with Crippen LogP contribution in [0, 0.1) is 11.8 Å². The second-order valence-corrected chi connectivity index (χ2v) is 7.73. The lowest BCUT2D eigenvalue weighted by Gasteiger charge is -2.20. The van der Waals surface area contributed by atoms with Gasteiger partial charge in [-0.15, -0.1) is 0 Å². The highest BCUT2D eigenvalue weighted by Gasteiger charge is 2.17. The lowest BCUT2D eigenvalue weighted by Crippen LogP contribution is -2.34. The highest BCUT2D eigenvalue weighted by molar-refractivity contribution is 5.95. The number of amides is 3. The van der Waals surface area contributed by atoms with Gasteiger partial charge in [0.25, 0.3) is 0 Å². The summed E-state index contributed by atoms with van der Waals surface area (Å²) in [6.07, 6.45) is 5.78. The highest BCUT2D eigenvalue weighted by atomic mass is 16.5. The first-order chi connectivity index (χ1) is 13.4. The summed E-state index contributed by atoms with van der Waals surface area (Å²) < 4.78 is 5.07. The molecule has 2 rings (SSSR count). The van der Waals surface area contributed by atoms with E-state index in [1.807, 2.05) is 13.8 Å². The molecular weight excluding hydrogens is 358 g/mol. The Morgan fingerprint density at radius 3 is 2.39 bits per heavy atom. The van der Waals surface area contributed by atoms with Gasteiger partial charge in [0.2, 0.25) is 11.8 Å². The van der Waals surface area contributed by atoms with Gasteiger partial charge < -0.3 is 15.4 Å². The maximum absolute atomic E-state index is 12.1. The number of hydrogen-bond acceptors (Lipinski definition) is 4. The first kappa shape index (κ1) is 21.7. The molecule has 0 bridgehead atoms. The zero-order chi connectivity index (χ0) is 20.4. The number of carbonyl (C=O) groups is 3. The third kappa shape index (κ3) is 8.41. The lowest BCUT2D eigenvalue weighted by atomic mass is 9.87. The van der Waals surface area contributed by atoms with E-state index in [4.69, 9.17) is 4.74 Å². The molecule has 7 heteroatoms. The number of carbonyl (C=O) groups excluding carboxylic acids is 3. The molecule has 3 amide bonds. The molecule has 0 spiro atoms. The quantitative estimate of drug-likeness (QED) is 0.628. The number of anilines is 2. The summed E-state index contributed by atoms with van der Waals surface area (Å²) in [5.41, 5.74) is 1.06.